The molecule has 0 nitrogen and oxygen atoms in total. The average Bonchev–Trinajstić information content (AvgIpc) is 2.44. The van der Waals surface area contributed by atoms with E-state index in [4.69, 9.17) is 0 Å². The molecule has 0 heteroatoms. The molecular formula is C19H18. The first-order valence-electron chi connectivity index (χ1n) is 7.18. The second-order valence-corrected chi connectivity index (χ2v) is 5.99. The molecule has 1 aromatic carbocycles. The van der Waals surface area contributed by atoms with Gasteiger partial charge in [0.15, 0.2) is 0 Å². The van der Waals surface area contributed by atoms with Crippen molar-refractivity contribution in [3.63, 3.8) is 0 Å². The van der Waals surface area contributed by atoms with Crippen LogP contribution >= 0.6 is 0 Å². The first kappa shape index (κ1) is 11.0. The van der Waals surface area contributed by atoms with Crippen molar-refractivity contribution in [2.75, 3.05) is 0 Å². The van der Waals surface area contributed by atoms with Gasteiger partial charge >= 0.3 is 0 Å². The molecule has 94 valence electrons. The van der Waals surface area contributed by atoms with Crippen molar-refractivity contribution in [1.82, 2.24) is 0 Å². The van der Waals surface area contributed by atoms with E-state index >= 15 is 0 Å². The Kier molecular flexibility index (Phi) is 2.23. The molecule has 0 aliphatic heterocycles. The maximum absolute atomic E-state index is 2.41. The molecule has 3 aliphatic carbocycles. The lowest BCUT2D eigenvalue weighted by Gasteiger charge is -2.35. The van der Waals surface area contributed by atoms with E-state index in [0.717, 1.165) is 6.42 Å². The minimum absolute atomic E-state index is 0.493. The molecule has 0 N–H and O–H groups in total. The lowest BCUT2D eigenvalue weighted by atomic mass is 9.68. The zero-order valence-corrected chi connectivity index (χ0v) is 11.5. The molecule has 3 aliphatic rings. The van der Waals surface area contributed by atoms with Gasteiger partial charge in [0.1, 0.15) is 0 Å². The van der Waals surface area contributed by atoms with E-state index in [1.807, 2.05) is 0 Å². The van der Waals surface area contributed by atoms with Crippen LogP contribution < -0.4 is 0 Å². The Hall–Kier alpha value is -1.82. The SMILES string of the molecule is CC(C)C1=C2C=Cc3cccc4c3C2C(=CC4)C=C1. The number of hydrogen-bond donors (Lipinski definition) is 0. The minimum Gasteiger partial charge on any atom is -0.0759 e. The fraction of sp³-hybridized carbons (Fsp3) is 0.263. The monoisotopic (exact) mass is 246 g/mol. The molecule has 0 saturated carbocycles. The van der Waals surface area contributed by atoms with Gasteiger partial charge in [-0.3, -0.25) is 0 Å². The summed E-state index contributed by atoms with van der Waals surface area (Å²) >= 11 is 0. The molecule has 0 bridgehead atoms. The topological polar surface area (TPSA) is 0 Å². The van der Waals surface area contributed by atoms with E-state index < -0.39 is 0 Å². The Morgan fingerprint density at radius 3 is 2.79 bits per heavy atom. The number of rotatable bonds is 1. The summed E-state index contributed by atoms with van der Waals surface area (Å²) in [5.41, 5.74) is 8.98. The third-order valence-electron chi connectivity index (χ3n) is 4.57. The Labute approximate surface area is 114 Å². The van der Waals surface area contributed by atoms with Crippen molar-refractivity contribution in [2.24, 2.45) is 5.92 Å². The van der Waals surface area contributed by atoms with Crippen LogP contribution in [0.1, 0.15) is 36.5 Å². The van der Waals surface area contributed by atoms with Gasteiger partial charge in [0, 0.05) is 5.92 Å². The van der Waals surface area contributed by atoms with E-state index in [-0.39, 0.29) is 0 Å². The van der Waals surface area contributed by atoms with Gasteiger partial charge in [0.05, 0.1) is 0 Å². The second-order valence-electron chi connectivity index (χ2n) is 5.99. The predicted molar refractivity (Wildman–Crippen MR) is 81.0 cm³/mol. The van der Waals surface area contributed by atoms with E-state index in [0.29, 0.717) is 11.8 Å². The summed E-state index contributed by atoms with van der Waals surface area (Å²) in [7, 11) is 0. The number of benzene rings is 1. The highest BCUT2D eigenvalue weighted by Gasteiger charge is 2.32. The smallest absolute Gasteiger partial charge is 0.0348 e. The first-order chi connectivity index (χ1) is 9.25. The van der Waals surface area contributed by atoms with Crippen molar-refractivity contribution >= 4 is 6.08 Å². The lowest BCUT2D eigenvalue weighted by molar-refractivity contribution is 0.752. The molecule has 4 rings (SSSR count). The zero-order valence-electron chi connectivity index (χ0n) is 11.5. The number of hydrogen-bond acceptors (Lipinski definition) is 0. The van der Waals surface area contributed by atoms with Gasteiger partial charge in [0.2, 0.25) is 0 Å². The van der Waals surface area contributed by atoms with Crippen molar-refractivity contribution in [2.45, 2.75) is 26.2 Å². The summed E-state index contributed by atoms with van der Waals surface area (Å²) in [6.45, 7) is 4.58. The maximum Gasteiger partial charge on any atom is 0.0348 e. The van der Waals surface area contributed by atoms with Gasteiger partial charge in [-0.1, -0.05) is 62.4 Å². The molecule has 1 aromatic rings. The molecule has 1 atom stereocenters. The van der Waals surface area contributed by atoms with Crippen molar-refractivity contribution in [3.8, 4) is 0 Å². The van der Waals surface area contributed by atoms with Crippen LogP contribution in [-0.4, -0.2) is 0 Å². The zero-order chi connectivity index (χ0) is 13.0. The summed E-state index contributed by atoms with van der Waals surface area (Å²) in [5, 5.41) is 0. The van der Waals surface area contributed by atoms with Gasteiger partial charge in [-0.25, -0.2) is 0 Å². The van der Waals surface area contributed by atoms with Crippen LogP contribution in [0.15, 0.2) is 59.2 Å². The summed E-state index contributed by atoms with van der Waals surface area (Å²) in [6.07, 6.45) is 12.8. The van der Waals surface area contributed by atoms with Crippen LogP contribution in [0.25, 0.3) is 6.08 Å². The molecule has 0 radical (unpaired) electrons. The van der Waals surface area contributed by atoms with Gasteiger partial charge in [-0.05, 0) is 45.7 Å². The lowest BCUT2D eigenvalue weighted by Crippen LogP contribution is -2.19. The highest BCUT2D eigenvalue weighted by Crippen LogP contribution is 2.48. The maximum atomic E-state index is 2.41. The molecule has 0 fully saturated rings. The van der Waals surface area contributed by atoms with Crippen LogP contribution in [-0.2, 0) is 6.42 Å². The molecule has 0 saturated heterocycles. The van der Waals surface area contributed by atoms with Gasteiger partial charge in [-0.15, -0.1) is 0 Å². The van der Waals surface area contributed by atoms with Crippen LogP contribution in [0.2, 0.25) is 0 Å². The van der Waals surface area contributed by atoms with Crippen LogP contribution in [0.3, 0.4) is 0 Å². The molecule has 1 unspecified atom stereocenters. The molecule has 19 heavy (non-hydrogen) atoms. The quantitative estimate of drug-likeness (QED) is 0.667. The van der Waals surface area contributed by atoms with E-state index in [1.165, 1.54) is 27.8 Å². The van der Waals surface area contributed by atoms with E-state index in [9.17, 15) is 0 Å². The second kappa shape index (κ2) is 3.84. The fourth-order valence-electron chi connectivity index (χ4n) is 3.67. The van der Waals surface area contributed by atoms with Gasteiger partial charge in [-0.2, -0.15) is 0 Å². The molecule has 0 amide bonds. The highest BCUT2D eigenvalue weighted by atomic mass is 14.4. The van der Waals surface area contributed by atoms with Gasteiger partial charge < -0.3 is 0 Å². The molecule has 0 aromatic heterocycles. The Bertz CT molecular complexity index is 678. The standard InChI is InChI=1S/C19H18/c1-12(2)16-10-8-15-7-6-13-4-3-5-14-9-11-17(16)19(15)18(13)14/h3-5,7-12,19H,6H2,1-2H3. The van der Waals surface area contributed by atoms with Crippen LogP contribution in [0.5, 0.6) is 0 Å². The van der Waals surface area contributed by atoms with E-state index in [1.54, 1.807) is 5.56 Å². The molecular weight excluding hydrogens is 228 g/mol. The first-order valence-corrected chi connectivity index (χ1v) is 7.18. The fourth-order valence-corrected chi connectivity index (χ4v) is 3.67. The van der Waals surface area contributed by atoms with E-state index in [2.05, 4.69) is 62.4 Å². The third-order valence-corrected chi connectivity index (χ3v) is 4.57. The Morgan fingerprint density at radius 2 is 1.95 bits per heavy atom. The molecule has 0 heterocycles. The number of allylic oxidation sites excluding steroid dienone is 7. The summed E-state index contributed by atoms with van der Waals surface area (Å²) in [5.74, 6) is 1.08. The third kappa shape index (κ3) is 1.46. The minimum atomic E-state index is 0.493. The average molecular weight is 246 g/mol. The normalized spacial score (nSPS) is 22.7. The van der Waals surface area contributed by atoms with Crippen molar-refractivity contribution in [3.05, 3.63) is 75.9 Å². The highest BCUT2D eigenvalue weighted by molar-refractivity contribution is 5.73. The summed E-state index contributed by atoms with van der Waals surface area (Å²) < 4.78 is 0. The predicted octanol–water partition coefficient (Wildman–Crippen LogP) is 4.80. The Morgan fingerprint density at radius 1 is 1.05 bits per heavy atom. The van der Waals surface area contributed by atoms with Gasteiger partial charge in [0.25, 0.3) is 0 Å². The Balaban J connectivity index is 2.03. The van der Waals surface area contributed by atoms with Crippen molar-refractivity contribution in [1.29, 1.82) is 0 Å². The van der Waals surface area contributed by atoms with Crippen molar-refractivity contribution < 1.29 is 0 Å². The largest absolute Gasteiger partial charge is 0.0759 e. The van der Waals surface area contributed by atoms with Crippen LogP contribution in [0.4, 0.5) is 0 Å². The summed E-state index contributed by atoms with van der Waals surface area (Å²) in [4.78, 5) is 0. The van der Waals surface area contributed by atoms with Crippen LogP contribution in [0, 0.1) is 5.92 Å². The summed E-state index contributed by atoms with van der Waals surface area (Å²) in [6, 6.07) is 6.73. The molecule has 0 spiro atoms.